The Morgan fingerprint density at radius 3 is 3.15 bits per heavy atom. The van der Waals surface area contributed by atoms with Gasteiger partial charge in [0.05, 0.1) is 11.8 Å². The molecule has 4 heteroatoms. The molecule has 4 nitrogen and oxygen atoms in total. The van der Waals surface area contributed by atoms with E-state index in [-0.39, 0.29) is 0 Å². The molecule has 0 saturated carbocycles. The lowest BCUT2D eigenvalue weighted by Crippen LogP contribution is -2.10. The van der Waals surface area contributed by atoms with Crippen LogP contribution in [0.15, 0.2) is 18.5 Å². The maximum absolute atomic E-state index is 5.56. The first-order valence-electron chi connectivity index (χ1n) is 4.31. The summed E-state index contributed by atoms with van der Waals surface area (Å²) in [5, 5.41) is 0. The number of fused-ring (bicyclic) bond motifs is 1. The number of aromatic nitrogens is 3. The minimum atomic E-state index is 0.293. The van der Waals surface area contributed by atoms with Gasteiger partial charge in [-0.15, -0.1) is 0 Å². The van der Waals surface area contributed by atoms with Crippen LogP contribution in [0.1, 0.15) is 18.5 Å². The number of rotatable bonds is 2. The summed E-state index contributed by atoms with van der Waals surface area (Å²) in [6.07, 6.45) is 1.65. The van der Waals surface area contributed by atoms with Crippen LogP contribution in [-0.2, 0) is 0 Å². The fourth-order valence-corrected chi connectivity index (χ4v) is 1.23. The number of nitrogens with zero attached hydrogens (tertiary/aromatic N) is 2. The van der Waals surface area contributed by atoms with Gasteiger partial charge >= 0.3 is 0 Å². The van der Waals surface area contributed by atoms with Gasteiger partial charge in [0.25, 0.3) is 0 Å². The minimum absolute atomic E-state index is 0.293. The van der Waals surface area contributed by atoms with E-state index in [9.17, 15) is 0 Å². The topological polar surface area (TPSA) is 67.6 Å². The third-order valence-corrected chi connectivity index (χ3v) is 2.16. The molecule has 0 amide bonds. The summed E-state index contributed by atoms with van der Waals surface area (Å²) in [6, 6.07) is 3.97. The Kier molecular flexibility index (Phi) is 1.98. The van der Waals surface area contributed by atoms with Crippen LogP contribution in [0.3, 0.4) is 0 Å². The Hall–Kier alpha value is -1.42. The number of H-pyrrole nitrogens is 1. The molecule has 2 rings (SSSR count). The predicted molar refractivity (Wildman–Crippen MR) is 51.4 cm³/mol. The molecule has 68 valence electrons. The summed E-state index contributed by atoms with van der Waals surface area (Å²) in [7, 11) is 0. The second-order valence-corrected chi connectivity index (χ2v) is 3.15. The molecule has 1 atom stereocenters. The number of nitrogens with one attached hydrogen (secondary N) is 1. The van der Waals surface area contributed by atoms with E-state index in [1.54, 1.807) is 6.33 Å². The fraction of sp³-hybridized carbons (Fsp3) is 0.333. The molecule has 0 aliphatic heterocycles. The van der Waals surface area contributed by atoms with Crippen molar-refractivity contribution < 1.29 is 0 Å². The van der Waals surface area contributed by atoms with Crippen molar-refractivity contribution in [2.24, 2.45) is 5.73 Å². The molecule has 1 unspecified atom stereocenters. The molecule has 3 N–H and O–H groups in total. The number of nitrogens with two attached hydrogens (primary N) is 1. The van der Waals surface area contributed by atoms with Crippen LogP contribution in [0, 0.1) is 0 Å². The van der Waals surface area contributed by atoms with Crippen molar-refractivity contribution in [1.82, 2.24) is 15.0 Å². The number of imidazole rings is 1. The smallest absolute Gasteiger partial charge is 0.177 e. The van der Waals surface area contributed by atoms with E-state index in [1.165, 1.54) is 0 Å². The first-order chi connectivity index (χ1) is 6.31. The molecule has 0 saturated heterocycles. The highest BCUT2D eigenvalue weighted by atomic mass is 15.0. The van der Waals surface area contributed by atoms with Gasteiger partial charge in [-0.05, 0) is 12.1 Å². The molecule has 13 heavy (non-hydrogen) atoms. The van der Waals surface area contributed by atoms with Gasteiger partial charge < -0.3 is 10.7 Å². The van der Waals surface area contributed by atoms with Gasteiger partial charge in [-0.25, -0.2) is 9.97 Å². The molecular formula is C9H12N4. The van der Waals surface area contributed by atoms with Gasteiger partial charge in [0, 0.05) is 18.2 Å². The Balaban J connectivity index is 2.48. The van der Waals surface area contributed by atoms with Crippen LogP contribution in [0.5, 0.6) is 0 Å². The summed E-state index contributed by atoms with van der Waals surface area (Å²) in [5.74, 6) is 0.293. The van der Waals surface area contributed by atoms with Gasteiger partial charge in [-0.3, -0.25) is 0 Å². The lowest BCUT2D eigenvalue weighted by molar-refractivity contribution is 0.749. The largest absolute Gasteiger partial charge is 0.343 e. The first kappa shape index (κ1) is 8.19. The summed E-state index contributed by atoms with van der Waals surface area (Å²) in [5.41, 5.74) is 8.28. The number of pyridine rings is 1. The normalized spacial score (nSPS) is 13.4. The second kappa shape index (κ2) is 3.14. The molecule has 0 radical (unpaired) electrons. The Bertz CT molecular complexity index is 407. The Morgan fingerprint density at radius 1 is 1.54 bits per heavy atom. The van der Waals surface area contributed by atoms with E-state index in [0.717, 1.165) is 16.9 Å². The van der Waals surface area contributed by atoms with Crippen LogP contribution in [-0.4, -0.2) is 21.5 Å². The summed E-state index contributed by atoms with van der Waals surface area (Å²) >= 11 is 0. The molecule has 0 aliphatic carbocycles. The highest BCUT2D eigenvalue weighted by Gasteiger charge is 2.06. The van der Waals surface area contributed by atoms with Gasteiger partial charge in [-0.2, -0.15) is 0 Å². The molecule has 0 aliphatic rings. The van der Waals surface area contributed by atoms with E-state index in [2.05, 4.69) is 21.9 Å². The van der Waals surface area contributed by atoms with Crippen LogP contribution in [0.4, 0.5) is 0 Å². The number of aromatic amines is 1. The van der Waals surface area contributed by atoms with Crippen LogP contribution < -0.4 is 5.73 Å². The van der Waals surface area contributed by atoms with E-state index in [0.29, 0.717) is 12.5 Å². The van der Waals surface area contributed by atoms with Gasteiger partial charge in [0.1, 0.15) is 0 Å². The molecule has 0 bridgehead atoms. The van der Waals surface area contributed by atoms with E-state index in [1.807, 2.05) is 12.1 Å². The van der Waals surface area contributed by atoms with Gasteiger partial charge in [0.2, 0.25) is 0 Å². The molecule has 0 spiro atoms. The zero-order valence-electron chi connectivity index (χ0n) is 7.49. The molecule has 0 aromatic carbocycles. The zero-order valence-corrected chi connectivity index (χ0v) is 7.49. The molecule has 2 heterocycles. The first-order valence-corrected chi connectivity index (χ1v) is 4.31. The van der Waals surface area contributed by atoms with Crippen molar-refractivity contribution in [2.45, 2.75) is 12.8 Å². The van der Waals surface area contributed by atoms with Crippen LogP contribution >= 0.6 is 0 Å². The minimum Gasteiger partial charge on any atom is -0.343 e. The average molecular weight is 176 g/mol. The number of hydrogen-bond acceptors (Lipinski definition) is 3. The maximum atomic E-state index is 5.56. The Morgan fingerprint density at radius 2 is 2.38 bits per heavy atom. The third-order valence-electron chi connectivity index (χ3n) is 2.16. The molecule has 0 fully saturated rings. The molecule has 2 aromatic heterocycles. The van der Waals surface area contributed by atoms with Crippen molar-refractivity contribution in [3.63, 3.8) is 0 Å². The van der Waals surface area contributed by atoms with Gasteiger partial charge in [0.15, 0.2) is 5.65 Å². The maximum Gasteiger partial charge on any atom is 0.177 e. The number of hydrogen-bond donors (Lipinski definition) is 2. The average Bonchev–Trinajstić information content (AvgIpc) is 2.63. The molecule has 2 aromatic rings. The van der Waals surface area contributed by atoms with Crippen LogP contribution in [0.25, 0.3) is 11.2 Å². The summed E-state index contributed by atoms with van der Waals surface area (Å²) in [4.78, 5) is 11.5. The van der Waals surface area contributed by atoms with Gasteiger partial charge in [-0.1, -0.05) is 6.92 Å². The second-order valence-electron chi connectivity index (χ2n) is 3.15. The summed E-state index contributed by atoms with van der Waals surface area (Å²) < 4.78 is 0. The van der Waals surface area contributed by atoms with E-state index >= 15 is 0 Å². The summed E-state index contributed by atoms with van der Waals surface area (Å²) in [6.45, 7) is 2.67. The van der Waals surface area contributed by atoms with Crippen molar-refractivity contribution in [3.05, 3.63) is 24.2 Å². The lowest BCUT2D eigenvalue weighted by Gasteiger charge is -2.06. The molecular weight excluding hydrogens is 164 g/mol. The van der Waals surface area contributed by atoms with Crippen molar-refractivity contribution in [2.75, 3.05) is 6.54 Å². The van der Waals surface area contributed by atoms with Crippen molar-refractivity contribution >= 4 is 11.2 Å². The lowest BCUT2D eigenvalue weighted by atomic mass is 10.1. The predicted octanol–water partition coefficient (Wildman–Crippen LogP) is 1.02. The monoisotopic (exact) mass is 176 g/mol. The Labute approximate surface area is 76.2 Å². The van der Waals surface area contributed by atoms with Crippen molar-refractivity contribution in [1.29, 1.82) is 0 Å². The highest BCUT2D eigenvalue weighted by molar-refractivity contribution is 5.69. The quantitative estimate of drug-likeness (QED) is 0.717. The van der Waals surface area contributed by atoms with Crippen molar-refractivity contribution in [3.8, 4) is 0 Å². The van der Waals surface area contributed by atoms with Crippen LogP contribution in [0.2, 0.25) is 0 Å². The zero-order chi connectivity index (χ0) is 9.26. The SMILES string of the molecule is CC(CN)c1ccc2[nH]cnc2n1. The fourth-order valence-electron chi connectivity index (χ4n) is 1.23. The third kappa shape index (κ3) is 1.40. The highest BCUT2D eigenvalue weighted by Crippen LogP contribution is 2.14. The van der Waals surface area contributed by atoms with E-state index < -0.39 is 0 Å². The standard InChI is InChI=1S/C9H12N4/c1-6(4-10)7-2-3-8-9(13-7)12-5-11-8/h2-3,5-6H,4,10H2,1H3,(H,11,12,13). The van der Waals surface area contributed by atoms with E-state index in [4.69, 9.17) is 5.73 Å².